The maximum absolute atomic E-state index is 11.7. The van der Waals surface area contributed by atoms with Gasteiger partial charge in [-0.3, -0.25) is 19.2 Å². The molecule has 0 fully saturated rings. The Balaban J connectivity index is 5.25. The van der Waals surface area contributed by atoms with E-state index in [4.69, 9.17) is 10.8 Å². The Kier molecular flexibility index (Phi) is 6.33. The van der Waals surface area contributed by atoms with E-state index in [1.54, 1.807) is 0 Å². The van der Waals surface area contributed by atoms with Crippen LogP contribution in [-0.2, 0) is 19.2 Å². The fraction of sp³-hybridized carbons (Fsp3) is 0.600. The van der Waals surface area contributed by atoms with Crippen molar-refractivity contribution < 1.29 is 29.4 Å². The molecule has 0 saturated carbocycles. The summed E-state index contributed by atoms with van der Waals surface area (Å²) in [5, 5.41) is 19.6. The molecule has 0 aliphatic heterocycles. The molecule has 0 aliphatic carbocycles. The molecule has 2 unspecified atom stereocenters. The normalized spacial score (nSPS) is 15.1. The molecule has 0 bridgehead atoms. The van der Waals surface area contributed by atoms with Crippen LogP contribution in [0.4, 0.5) is 0 Å². The lowest BCUT2D eigenvalue weighted by molar-refractivity contribution is -0.162. The molecule has 0 aliphatic rings. The quantitative estimate of drug-likeness (QED) is 0.277. The number of hydrogen-bond donors (Lipinski definition) is 5. The first-order valence-electron chi connectivity index (χ1n) is 5.33. The van der Waals surface area contributed by atoms with Gasteiger partial charge >= 0.3 is 11.9 Å². The van der Waals surface area contributed by atoms with E-state index in [-0.39, 0.29) is 12.2 Å². The Morgan fingerprint density at radius 1 is 1.32 bits per heavy atom. The summed E-state index contributed by atoms with van der Waals surface area (Å²) in [6.07, 6.45) is -0.234. The lowest BCUT2D eigenvalue weighted by Gasteiger charge is -2.30. The van der Waals surface area contributed by atoms with Crippen molar-refractivity contribution in [2.24, 2.45) is 17.1 Å². The Bertz CT molecular complexity index is 383. The molecule has 5 N–H and O–H groups in total. The number of hydrogen-bond acceptors (Lipinski definition) is 5. The van der Waals surface area contributed by atoms with E-state index < -0.39 is 41.6 Å². The van der Waals surface area contributed by atoms with Crippen LogP contribution in [0, 0.1) is 11.3 Å². The number of nitrogens with two attached hydrogens (primary N) is 1. The molecule has 2 amide bonds. The molecule has 0 aromatic rings. The molecule has 108 valence electrons. The van der Waals surface area contributed by atoms with E-state index in [1.807, 2.05) is 5.32 Å². The van der Waals surface area contributed by atoms with Gasteiger partial charge in [0.25, 0.3) is 0 Å². The summed E-state index contributed by atoms with van der Waals surface area (Å²) in [6.45, 7) is 0.540. The predicted octanol–water partition coefficient (Wildman–Crippen LogP) is -1.30. The van der Waals surface area contributed by atoms with Crippen LogP contribution in [0.15, 0.2) is 0 Å². The average molecular weight is 292 g/mol. The summed E-state index contributed by atoms with van der Waals surface area (Å²) in [4.78, 5) is 44.8. The van der Waals surface area contributed by atoms with E-state index >= 15 is 0 Å². The summed E-state index contributed by atoms with van der Waals surface area (Å²) in [5.74, 6) is -6.13. The topological polar surface area (TPSA) is 147 Å². The highest BCUT2D eigenvalue weighted by molar-refractivity contribution is 7.80. The molecule has 19 heavy (non-hydrogen) atoms. The van der Waals surface area contributed by atoms with Crippen molar-refractivity contribution in [1.82, 2.24) is 5.32 Å². The number of carboxylic acids is 2. The average Bonchev–Trinajstić information content (AvgIpc) is 2.31. The van der Waals surface area contributed by atoms with Gasteiger partial charge in [0.1, 0.15) is 6.54 Å². The standard InChI is InChI=1S/C10H16N2O6S/c1-5(7(15)12-4-6(13)14)10(2-3-19,8(11)16)9(17)18/h5,19H,2-4H2,1H3,(H2,11,16)(H,12,15)(H,13,14)(H,17,18). The molecule has 0 aromatic heterocycles. The minimum absolute atomic E-state index is 0.0335. The minimum atomic E-state index is -2.11. The first-order valence-corrected chi connectivity index (χ1v) is 5.97. The largest absolute Gasteiger partial charge is 0.480 e. The van der Waals surface area contributed by atoms with E-state index in [9.17, 15) is 24.3 Å². The third-order valence-electron chi connectivity index (χ3n) is 2.87. The molecular weight excluding hydrogens is 276 g/mol. The van der Waals surface area contributed by atoms with E-state index in [2.05, 4.69) is 12.6 Å². The second kappa shape index (κ2) is 6.98. The Morgan fingerprint density at radius 2 is 1.84 bits per heavy atom. The van der Waals surface area contributed by atoms with Crippen LogP contribution >= 0.6 is 12.6 Å². The zero-order chi connectivity index (χ0) is 15.2. The third kappa shape index (κ3) is 3.85. The zero-order valence-electron chi connectivity index (χ0n) is 10.3. The molecule has 0 heterocycles. The molecule has 9 heteroatoms. The zero-order valence-corrected chi connectivity index (χ0v) is 11.1. The van der Waals surface area contributed by atoms with Crippen molar-refractivity contribution in [3.63, 3.8) is 0 Å². The molecule has 0 rings (SSSR count). The molecule has 0 spiro atoms. The maximum atomic E-state index is 11.7. The van der Waals surface area contributed by atoms with Crippen LogP contribution in [0.2, 0.25) is 0 Å². The molecular formula is C10H16N2O6S. The number of thiol groups is 1. The van der Waals surface area contributed by atoms with Crippen LogP contribution in [0.3, 0.4) is 0 Å². The number of primary amides is 1. The van der Waals surface area contributed by atoms with Crippen LogP contribution in [-0.4, -0.2) is 46.3 Å². The minimum Gasteiger partial charge on any atom is -0.480 e. The second-order valence-electron chi connectivity index (χ2n) is 3.95. The molecule has 0 saturated heterocycles. The summed E-state index contributed by atoms with van der Waals surface area (Å²) in [6, 6.07) is 0. The summed E-state index contributed by atoms with van der Waals surface area (Å²) in [7, 11) is 0. The lowest BCUT2D eigenvalue weighted by Crippen LogP contribution is -2.54. The highest BCUT2D eigenvalue weighted by Crippen LogP contribution is 2.32. The number of carbonyl (C=O) groups is 4. The van der Waals surface area contributed by atoms with Gasteiger partial charge in [-0.15, -0.1) is 0 Å². The van der Waals surface area contributed by atoms with Gasteiger partial charge < -0.3 is 21.3 Å². The van der Waals surface area contributed by atoms with Crippen molar-refractivity contribution in [3.05, 3.63) is 0 Å². The van der Waals surface area contributed by atoms with Crippen molar-refractivity contribution in [2.45, 2.75) is 13.3 Å². The fourth-order valence-electron chi connectivity index (χ4n) is 1.67. The Labute approximate surface area is 114 Å². The first-order chi connectivity index (χ1) is 8.70. The lowest BCUT2D eigenvalue weighted by atomic mass is 9.73. The van der Waals surface area contributed by atoms with Gasteiger partial charge in [0.15, 0.2) is 5.41 Å². The Morgan fingerprint density at radius 3 is 2.16 bits per heavy atom. The van der Waals surface area contributed by atoms with Crippen molar-refractivity contribution in [2.75, 3.05) is 12.3 Å². The first kappa shape index (κ1) is 17.2. The van der Waals surface area contributed by atoms with Gasteiger partial charge in [0.05, 0.1) is 5.92 Å². The fourth-order valence-corrected chi connectivity index (χ4v) is 2.02. The maximum Gasteiger partial charge on any atom is 0.322 e. The van der Waals surface area contributed by atoms with Crippen LogP contribution in [0.5, 0.6) is 0 Å². The van der Waals surface area contributed by atoms with E-state index in [0.29, 0.717) is 0 Å². The number of carboxylic acid groups (broad SMARTS) is 2. The van der Waals surface area contributed by atoms with Gasteiger partial charge in [-0.05, 0) is 12.2 Å². The van der Waals surface area contributed by atoms with Crippen molar-refractivity contribution in [3.8, 4) is 0 Å². The number of rotatable bonds is 8. The van der Waals surface area contributed by atoms with E-state index in [0.717, 1.165) is 0 Å². The predicted molar refractivity (Wildman–Crippen MR) is 67.5 cm³/mol. The van der Waals surface area contributed by atoms with Gasteiger partial charge in [-0.2, -0.15) is 12.6 Å². The highest BCUT2D eigenvalue weighted by atomic mass is 32.1. The van der Waals surface area contributed by atoms with E-state index in [1.165, 1.54) is 6.92 Å². The third-order valence-corrected chi connectivity index (χ3v) is 3.10. The number of nitrogens with one attached hydrogen (secondary N) is 1. The monoisotopic (exact) mass is 292 g/mol. The van der Waals surface area contributed by atoms with Crippen LogP contribution in [0.25, 0.3) is 0 Å². The van der Waals surface area contributed by atoms with Gasteiger partial charge in [0, 0.05) is 0 Å². The molecule has 2 atom stereocenters. The number of amides is 2. The Hall–Kier alpha value is -1.77. The van der Waals surface area contributed by atoms with Crippen LogP contribution in [0.1, 0.15) is 13.3 Å². The number of carbonyl (C=O) groups excluding carboxylic acids is 2. The summed E-state index contributed by atoms with van der Waals surface area (Å²) in [5.41, 5.74) is 3.00. The smallest absolute Gasteiger partial charge is 0.322 e. The highest BCUT2D eigenvalue weighted by Gasteiger charge is 2.51. The molecule has 0 aromatic carbocycles. The summed E-state index contributed by atoms with van der Waals surface area (Å²) >= 11 is 3.85. The summed E-state index contributed by atoms with van der Waals surface area (Å²) < 4.78 is 0. The van der Waals surface area contributed by atoms with Crippen molar-refractivity contribution in [1.29, 1.82) is 0 Å². The molecule has 0 radical (unpaired) electrons. The molecule has 8 nitrogen and oxygen atoms in total. The number of aliphatic carboxylic acids is 2. The van der Waals surface area contributed by atoms with Gasteiger partial charge in [-0.25, -0.2) is 0 Å². The SMILES string of the molecule is CC(C(=O)NCC(=O)O)C(CCS)(C(N)=O)C(=O)O. The van der Waals surface area contributed by atoms with Gasteiger partial charge in [-0.1, -0.05) is 6.92 Å². The van der Waals surface area contributed by atoms with Gasteiger partial charge in [0.2, 0.25) is 11.8 Å². The second-order valence-corrected chi connectivity index (χ2v) is 4.39. The van der Waals surface area contributed by atoms with Crippen molar-refractivity contribution >= 4 is 36.4 Å². The van der Waals surface area contributed by atoms with Crippen LogP contribution < -0.4 is 11.1 Å².